The second-order valence-electron chi connectivity index (χ2n) is 6.71. The Hall–Kier alpha value is -2.76. The Labute approximate surface area is 153 Å². The van der Waals surface area contributed by atoms with Crippen molar-refractivity contribution in [2.75, 3.05) is 18.5 Å². The van der Waals surface area contributed by atoms with Crippen molar-refractivity contribution in [3.63, 3.8) is 0 Å². The fourth-order valence-electron chi connectivity index (χ4n) is 3.14. The van der Waals surface area contributed by atoms with E-state index in [2.05, 4.69) is 5.43 Å². The van der Waals surface area contributed by atoms with Crippen LogP contribution < -0.4 is 10.2 Å². The Bertz CT molecular complexity index is 770. The van der Waals surface area contributed by atoms with Gasteiger partial charge in [-0.25, -0.2) is 0 Å². The first kappa shape index (κ1) is 18.0. The first-order chi connectivity index (χ1) is 12.5. The molecular formula is C20H25N3O3. The van der Waals surface area contributed by atoms with Crippen LogP contribution in [0.15, 0.2) is 36.4 Å². The van der Waals surface area contributed by atoms with Gasteiger partial charge in [-0.1, -0.05) is 0 Å². The second-order valence-corrected chi connectivity index (χ2v) is 6.71. The van der Waals surface area contributed by atoms with Gasteiger partial charge in [-0.3, -0.25) is 19.7 Å². The predicted octanol–water partition coefficient (Wildman–Crippen LogP) is 2.88. The zero-order valence-corrected chi connectivity index (χ0v) is 15.5. The van der Waals surface area contributed by atoms with Gasteiger partial charge < -0.3 is 9.64 Å². The number of rotatable bonds is 5. The van der Waals surface area contributed by atoms with E-state index in [1.54, 1.807) is 35.9 Å². The van der Waals surface area contributed by atoms with E-state index in [1.807, 2.05) is 30.9 Å². The zero-order valence-electron chi connectivity index (χ0n) is 15.5. The average molecular weight is 355 g/mol. The van der Waals surface area contributed by atoms with Crippen LogP contribution in [0.25, 0.3) is 0 Å². The fourth-order valence-corrected chi connectivity index (χ4v) is 3.14. The summed E-state index contributed by atoms with van der Waals surface area (Å²) in [6.07, 6.45) is 1.59. The van der Waals surface area contributed by atoms with Crippen LogP contribution in [-0.2, 0) is 4.79 Å². The van der Waals surface area contributed by atoms with Crippen LogP contribution in [0.3, 0.4) is 0 Å². The number of ether oxygens (including phenoxy) is 1. The van der Waals surface area contributed by atoms with Gasteiger partial charge in [-0.05, 0) is 70.0 Å². The lowest BCUT2D eigenvalue weighted by Gasteiger charge is -2.21. The van der Waals surface area contributed by atoms with E-state index in [-0.39, 0.29) is 11.8 Å². The lowest BCUT2D eigenvalue weighted by molar-refractivity contribution is -0.136. The fraction of sp³-hybridized carbons (Fsp3) is 0.400. The van der Waals surface area contributed by atoms with Crippen LogP contribution in [0.1, 0.15) is 41.5 Å². The first-order valence-corrected chi connectivity index (χ1v) is 8.97. The third-order valence-corrected chi connectivity index (χ3v) is 4.68. The van der Waals surface area contributed by atoms with Crippen LogP contribution in [0.4, 0.5) is 0 Å². The monoisotopic (exact) mass is 355 g/mol. The molecule has 2 aromatic rings. The molecule has 0 aliphatic carbocycles. The van der Waals surface area contributed by atoms with E-state index in [0.717, 1.165) is 37.3 Å². The highest BCUT2D eigenvalue weighted by Gasteiger charge is 2.24. The van der Waals surface area contributed by atoms with Gasteiger partial charge in [-0.15, -0.1) is 0 Å². The molecule has 6 nitrogen and oxygen atoms in total. The van der Waals surface area contributed by atoms with Crippen molar-refractivity contribution < 1.29 is 14.3 Å². The van der Waals surface area contributed by atoms with Gasteiger partial charge in [-0.2, -0.15) is 0 Å². The molecule has 1 fully saturated rings. The maximum absolute atomic E-state index is 12.4. The molecule has 1 aromatic carbocycles. The Morgan fingerprint density at radius 3 is 2.15 bits per heavy atom. The van der Waals surface area contributed by atoms with Crippen LogP contribution in [0, 0.1) is 13.8 Å². The summed E-state index contributed by atoms with van der Waals surface area (Å²) in [5, 5.41) is 0. The highest BCUT2D eigenvalue weighted by atomic mass is 16.5. The number of nitrogens with one attached hydrogen (secondary N) is 1. The molecule has 1 aliphatic heterocycles. The number of benzene rings is 1. The number of likely N-dealkylation sites (tertiary alicyclic amines) is 1. The minimum atomic E-state index is -0.530. The van der Waals surface area contributed by atoms with Crippen molar-refractivity contribution in [2.45, 2.75) is 39.7 Å². The molecule has 2 heterocycles. The Balaban J connectivity index is 1.61. The topological polar surface area (TPSA) is 63.6 Å². The third kappa shape index (κ3) is 3.90. The molecule has 138 valence electrons. The number of hydrogen-bond acceptors (Lipinski definition) is 3. The summed E-state index contributed by atoms with van der Waals surface area (Å²) in [6.45, 7) is 7.25. The van der Waals surface area contributed by atoms with Crippen molar-refractivity contribution in [3.05, 3.63) is 53.3 Å². The average Bonchev–Trinajstić information content (AvgIpc) is 3.27. The van der Waals surface area contributed by atoms with Gasteiger partial charge in [0, 0.05) is 30.0 Å². The minimum Gasteiger partial charge on any atom is -0.481 e. The molecule has 2 amide bonds. The number of nitrogens with zero attached hydrogens (tertiary/aromatic N) is 2. The Kier molecular flexibility index (Phi) is 5.30. The highest BCUT2D eigenvalue weighted by Crippen LogP contribution is 2.17. The van der Waals surface area contributed by atoms with Crippen LogP contribution in [-0.4, -0.2) is 40.6 Å². The van der Waals surface area contributed by atoms with E-state index < -0.39 is 6.10 Å². The van der Waals surface area contributed by atoms with Crippen molar-refractivity contribution in [1.29, 1.82) is 0 Å². The van der Waals surface area contributed by atoms with E-state index in [9.17, 15) is 9.59 Å². The van der Waals surface area contributed by atoms with Gasteiger partial charge in [0.15, 0.2) is 6.10 Å². The summed E-state index contributed by atoms with van der Waals surface area (Å²) in [6, 6.07) is 10.7. The molecule has 0 bridgehead atoms. The molecule has 26 heavy (non-hydrogen) atoms. The lowest BCUT2D eigenvalue weighted by atomic mass is 10.2. The number of aromatic nitrogens is 1. The molecule has 1 N–H and O–H groups in total. The van der Waals surface area contributed by atoms with Crippen molar-refractivity contribution in [3.8, 4) is 5.75 Å². The molecule has 1 aromatic heterocycles. The number of aryl methyl sites for hydroxylation is 2. The molecule has 0 saturated carbocycles. The molecule has 6 heteroatoms. The summed E-state index contributed by atoms with van der Waals surface area (Å²) in [5.41, 5.74) is 5.32. The number of carbonyl (C=O) groups is 2. The molecule has 0 radical (unpaired) electrons. The summed E-state index contributed by atoms with van der Waals surface area (Å²) in [4.78, 5) is 26.5. The summed E-state index contributed by atoms with van der Waals surface area (Å²) >= 11 is 0. The summed E-state index contributed by atoms with van der Waals surface area (Å²) in [5.74, 6) is 0.401. The van der Waals surface area contributed by atoms with E-state index >= 15 is 0 Å². The summed E-state index contributed by atoms with van der Waals surface area (Å²) < 4.78 is 7.49. The van der Waals surface area contributed by atoms with Crippen molar-refractivity contribution >= 4 is 11.8 Å². The number of amides is 2. The largest absolute Gasteiger partial charge is 0.481 e. The zero-order chi connectivity index (χ0) is 18.7. The maximum Gasteiger partial charge on any atom is 0.270 e. The van der Waals surface area contributed by atoms with Gasteiger partial charge in [0.2, 0.25) is 0 Å². The standard InChI is InChI=1S/C20H25N3O3/c1-14-6-7-15(2)23(14)21-19(24)17-8-10-18(11-9-17)26-16(3)20(25)22-12-4-5-13-22/h6-11,16H,4-5,12-13H2,1-3H3,(H,21,24)/t16-/m0/s1. The van der Waals surface area contributed by atoms with Gasteiger partial charge >= 0.3 is 0 Å². The van der Waals surface area contributed by atoms with E-state index in [4.69, 9.17) is 4.74 Å². The third-order valence-electron chi connectivity index (χ3n) is 4.68. The Morgan fingerprint density at radius 1 is 1.00 bits per heavy atom. The molecule has 3 rings (SSSR count). The van der Waals surface area contributed by atoms with Crippen LogP contribution in [0.2, 0.25) is 0 Å². The molecule has 1 aliphatic rings. The van der Waals surface area contributed by atoms with Gasteiger partial charge in [0.25, 0.3) is 11.8 Å². The van der Waals surface area contributed by atoms with Crippen LogP contribution >= 0.6 is 0 Å². The molecular weight excluding hydrogens is 330 g/mol. The van der Waals surface area contributed by atoms with Crippen molar-refractivity contribution in [1.82, 2.24) is 9.58 Å². The molecule has 0 unspecified atom stereocenters. The number of hydrogen-bond donors (Lipinski definition) is 1. The molecule has 1 atom stereocenters. The van der Waals surface area contributed by atoms with Crippen molar-refractivity contribution in [2.24, 2.45) is 0 Å². The SMILES string of the molecule is Cc1ccc(C)n1NC(=O)c1ccc(O[C@@H](C)C(=O)N2CCCC2)cc1. The predicted molar refractivity (Wildman–Crippen MR) is 99.9 cm³/mol. The van der Waals surface area contributed by atoms with Crippen LogP contribution in [0.5, 0.6) is 5.75 Å². The smallest absolute Gasteiger partial charge is 0.270 e. The van der Waals surface area contributed by atoms with E-state index in [1.165, 1.54) is 0 Å². The summed E-state index contributed by atoms with van der Waals surface area (Å²) in [7, 11) is 0. The maximum atomic E-state index is 12.4. The molecule has 0 spiro atoms. The van der Waals surface area contributed by atoms with Gasteiger partial charge in [0.1, 0.15) is 5.75 Å². The minimum absolute atomic E-state index is 0.0166. The van der Waals surface area contributed by atoms with E-state index in [0.29, 0.717) is 11.3 Å². The van der Waals surface area contributed by atoms with Gasteiger partial charge in [0.05, 0.1) is 0 Å². The highest BCUT2D eigenvalue weighted by molar-refractivity contribution is 6.00. The Morgan fingerprint density at radius 2 is 1.58 bits per heavy atom. The lowest BCUT2D eigenvalue weighted by Crippen LogP contribution is -2.38. The second kappa shape index (κ2) is 7.64. The quantitative estimate of drug-likeness (QED) is 0.897. The molecule has 1 saturated heterocycles. The first-order valence-electron chi connectivity index (χ1n) is 8.97. The normalized spacial score (nSPS) is 15.0. The number of carbonyl (C=O) groups excluding carboxylic acids is 2.